The van der Waals surface area contributed by atoms with E-state index in [1.54, 1.807) is 0 Å². The fourth-order valence-corrected chi connectivity index (χ4v) is 2.64. The Balaban J connectivity index is 2.35. The van der Waals surface area contributed by atoms with Crippen LogP contribution in [0.1, 0.15) is 38.3 Å². The second-order valence-electron chi connectivity index (χ2n) is 5.84. The van der Waals surface area contributed by atoms with Gasteiger partial charge in [-0.3, -0.25) is 0 Å². The van der Waals surface area contributed by atoms with E-state index in [9.17, 15) is 5.11 Å². The summed E-state index contributed by atoms with van der Waals surface area (Å²) in [6.07, 6.45) is 1.53. The van der Waals surface area contributed by atoms with Crippen molar-refractivity contribution in [1.82, 2.24) is 0 Å². The van der Waals surface area contributed by atoms with E-state index in [1.807, 2.05) is 0 Å². The molecule has 0 fully saturated rings. The summed E-state index contributed by atoms with van der Waals surface area (Å²) >= 11 is 0. The molecule has 0 saturated carbocycles. The van der Waals surface area contributed by atoms with Gasteiger partial charge in [-0.05, 0) is 29.9 Å². The minimum atomic E-state index is -0.292. The van der Waals surface area contributed by atoms with Crippen molar-refractivity contribution in [3.8, 4) is 0 Å². The molecule has 2 N–H and O–H groups in total. The van der Waals surface area contributed by atoms with Crippen molar-refractivity contribution in [3.05, 3.63) is 29.3 Å². The zero-order chi connectivity index (χ0) is 12.6. The molecule has 0 bridgehead atoms. The van der Waals surface area contributed by atoms with Crippen LogP contribution in [0.5, 0.6) is 0 Å². The van der Waals surface area contributed by atoms with Gasteiger partial charge >= 0.3 is 0 Å². The van der Waals surface area contributed by atoms with Crippen molar-refractivity contribution in [2.24, 2.45) is 5.41 Å². The molecule has 17 heavy (non-hydrogen) atoms. The van der Waals surface area contributed by atoms with Gasteiger partial charge in [-0.25, -0.2) is 0 Å². The van der Waals surface area contributed by atoms with Crippen molar-refractivity contribution >= 4 is 5.69 Å². The van der Waals surface area contributed by atoms with Crippen LogP contribution in [0.4, 0.5) is 5.69 Å². The van der Waals surface area contributed by atoms with Crippen LogP contribution in [-0.4, -0.2) is 17.3 Å². The average Bonchev–Trinajstić information content (AvgIpc) is 2.28. The molecule has 1 aromatic rings. The highest BCUT2D eigenvalue weighted by Gasteiger charge is 2.37. The van der Waals surface area contributed by atoms with Crippen molar-refractivity contribution in [3.63, 3.8) is 0 Å². The van der Waals surface area contributed by atoms with Crippen LogP contribution in [-0.2, 0) is 6.42 Å². The van der Waals surface area contributed by atoms with E-state index in [0.717, 1.165) is 12.8 Å². The first-order valence-electron chi connectivity index (χ1n) is 6.49. The summed E-state index contributed by atoms with van der Waals surface area (Å²) in [7, 11) is 0. The minimum Gasteiger partial charge on any atom is -0.391 e. The van der Waals surface area contributed by atoms with Crippen LogP contribution >= 0.6 is 0 Å². The molecule has 0 radical (unpaired) electrons. The molecular formula is C15H23NO. The van der Waals surface area contributed by atoms with E-state index in [4.69, 9.17) is 0 Å². The molecule has 1 aliphatic heterocycles. The molecule has 2 rings (SSSR count). The molecule has 1 aliphatic rings. The van der Waals surface area contributed by atoms with Crippen molar-refractivity contribution in [2.45, 2.75) is 52.7 Å². The second kappa shape index (κ2) is 4.34. The van der Waals surface area contributed by atoms with Crippen LogP contribution < -0.4 is 5.32 Å². The maximum absolute atomic E-state index is 10.3. The Morgan fingerprint density at radius 3 is 2.76 bits per heavy atom. The first-order chi connectivity index (χ1) is 7.95. The predicted molar refractivity (Wildman–Crippen MR) is 72.4 cm³/mol. The molecule has 2 atom stereocenters. The highest BCUT2D eigenvalue weighted by molar-refractivity contribution is 5.60. The third-order valence-corrected chi connectivity index (χ3v) is 4.23. The van der Waals surface area contributed by atoms with Crippen molar-refractivity contribution < 1.29 is 5.11 Å². The molecule has 94 valence electrons. The molecule has 0 aromatic heterocycles. The third kappa shape index (κ3) is 2.19. The number of nitrogens with one attached hydrogen (secondary N) is 1. The van der Waals surface area contributed by atoms with Gasteiger partial charge in [-0.2, -0.15) is 0 Å². The predicted octanol–water partition coefficient (Wildman–Crippen LogP) is 3.13. The SMILES string of the molecule is CCC(C)(C)C1Nc2c(C)cccc2CC1O. The van der Waals surface area contributed by atoms with Gasteiger partial charge in [0, 0.05) is 12.1 Å². The molecule has 2 unspecified atom stereocenters. The number of hydrogen-bond acceptors (Lipinski definition) is 2. The van der Waals surface area contributed by atoms with E-state index < -0.39 is 0 Å². The number of aryl methyl sites for hydroxylation is 1. The largest absolute Gasteiger partial charge is 0.391 e. The number of para-hydroxylation sites is 1. The Bertz CT molecular complexity index is 411. The zero-order valence-electron chi connectivity index (χ0n) is 11.2. The van der Waals surface area contributed by atoms with Crippen molar-refractivity contribution in [2.75, 3.05) is 5.32 Å². The Labute approximate surface area is 104 Å². The molecule has 0 saturated heterocycles. The summed E-state index contributed by atoms with van der Waals surface area (Å²) in [6.45, 7) is 8.75. The normalized spacial score (nSPS) is 24.1. The van der Waals surface area contributed by atoms with Crippen LogP contribution in [0.3, 0.4) is 0 Å². The summed E-state index contributed by atoms with van der Waals surface area (Å²) in [5.74, 6) is 0. The monoisotopic (exact) mass is 233 g/mol. The highest BCUT2D eigenvalue weighted by atomic mass is 16.3. The van der Waals surface area contributed by atoms with E-state index in [0.29, 0.717) is 0 Å². The standard InChI is InChI=1S/C15H23NO/c1-5-15(3,4)14-12(17)9-11-8-6-7-10(2)13(11)16-14/h6-8,12,14,16-17H,5,9H2,1-4H3. The Morgan fingerprint density at radius 2 is 2.12 bits per heavy atom. The molecule has 2 heteroatoms. The lowest BCUT2D eigenvalue weighted by Gasteiger charge is -2.42. The van der Waals surface area contributed by atoms with Gasteiger partial charge in [0.05, 0.1) is 12.1 Å². The Hall–Kier alpha value is -1.02. The van der Waals surface area contributed by atoms with Gasteiger partial charge < -0.3 is 10.4 Å². The zero-order valence-corrected chi connectivity index (χ0v) is 11.2. The number of fused-ring (bicyclic) bond motifs is 1. The number of aliphatic hydroxyl groups is 1. The Morgan fingerprint density at radius 1 is 1.41 bits per heavy atom. The lowest BCUT2D eigenvalue weighted by Crippen LogP contribution is -2.48. The number of hydrogen-bond donors (Lipinski definition) is 2. The summed E-state index contributed by atoms with van der Waals surface area (Å²) in [6, 6.07) is 6.43. The Kier molecular flexibility index (Phi) is 3.17. The van der Waals surface area contributed by atoms with Crippen LogP contribution in [0.2, 0.25) is 0 Å². The number of anilines is 1. The highest BCUT2D eigenvalue weighted by Crippen LogP contribution is 2.36. The van der Waals surface area contributed by atoms with Gasteiger partial charge in [0.1, 0.15) is 0 Å². The van der Waals surface area contributed by atoms with Crippen LogP contribution in [0, 0.1) is 12.3 Å². The van der Waals surface area contributed by atoms with E-state index in [-0.39, 0.29) is 17.6 Å². The lowest BCUT2D eigenvalue weighted by atomic mass is 9.75. The minimum absolute atomic E-state index is 0.111. The van der Waals surface area contributed by atoms with E-state index in [2.05, 4.69) is 51.2 Å². The van der Waals surface area contributed by atoms with Gasteiger partial charge in [-0.1, -0.05) is 39.0 Å². The molecule has 0 amide bonds. The van der Waals surface area contributed by atoms with Crippen LogP contribution in [0.15, 0.2) is 18.2 Å². The van der Waals surface area contributed by atoms with Crippen LogP contribution in [0.25, 0.3) is 0 Å². The second-order valence-corrected chi connectivity index (χ2v) is 5.84. The third-order valence-electron chi connectivity index (χ3n) is 4.23. The first kappa shape index (κ1) is 12.4. The fraction of sp³-hybridized carbons (Fsp3) is 0.600. The van der Waals surface area contributed by atoms with Gasteiger partial charge in [0.15, 0.2) is 0 Å². The quantitative estimate of drug-likeness (QED) is 0.822. The molecule has 0 spiro atoms. The fourth-order valence-electron chi connectivity index (χ4n) is 2.64. The number of benzene rings is 1. The summed E-state index contributed by atoms with van der Waals surface area (Å²) in [5, 5.41) is 13.9. The van der Waals surface area contributed by atoms with Gasteiger partial charge in [0.25, 0.3) is 0 Å². The first-order valence-corrected chi connectivity index (χ1v) is 6.49. The van der Waals surface area contributed by atoms with E-state index in [1.165, 1.54) is 16.8 Å². The molecule has 2 nitrogen and oxygen atoms in total. The topological polar surface area (TPSA) is 32.3 Å². The van der Waals surface area contributed by atoms with Gasteiger partial charge in [-0.15, -0.1) is 0 Å². The maximum Gasteiger partial charge on any atom is 0.0787 e. The molecular weight excluding hydrogens is 210 g/mol. The summed E-state index contributed by atoms with van der Waals surface area (Å²) in [4.78, 5) is 0. The summed E-state index contributed by atoms with van der Waals surface area (Å²) in [5.41, 5.74) is 3.84. The van der Waals surface area contributed by atoms with Crippen molar-refractivity contribution in [1.29, 1.82) is 0 Å². The van der Waals surface area contributed by atoms with E-state index >= 15 is 0 Å². The number of rotatable bonds is 2. The molecule has 1 aromatic carbocycles. The average molecular weight is 233 g/mol. The number of aliphatic hydroxyl groups excluding tert-OH is 1. The lowest BCUT2D eigenvalue weighted by molar-refractivity contribution is 0.0887. The maximum atomic E-state index is 10.3. The molecule has 0 aliphatic carbocycles. The summed E-state index contributed by atoms with van der Waals surface area (Å²) < 4.78 is 0. The molecule has 1 heterocycles. The smallest absolute Gasteiger partial charge is 0.0787 e. The van der Waals surface area contributed by atoms with Gasteiger partial charge in [0.2, 0.25) is 0 Å².